The summed E-state index contributed by atoms with van der Waals surface area (Å²) in [7, 11) is 0. The fraction of sp³-hybridized carbons (Fsp3) is 0.469. The Labute approximate surface area is 232 Å². The number of para-hydroxylation sites is 2. The number of carbonyl (C=O) groups excluding carboxylic acids is 3. The van der Waals surface area contributed by atoms with Gasteiger partial charge in [-0.15, -0.1) is 0 Å². The van der Waals surface area contributed by atoms with Crippen molar-refractivity contribution in [3.8, 4) is 5.75 Å². The first-order valence-electron chi connectivity index (χ1n) is 14.2. The highest BCUT2D eigenvalue weighted by molar-refractivity contribution is 6.05. The number of hydrogen-bond donors (Lipinski definition) is 1. The lowest BCUT2D eigenvalue weighted by molar-refractivity contribution is -0.143. The van der Waals surface area contributed by atoms with Crippen LogP contribution in [0.2, 0.25) is 0 Å². The van der Waals surface area contributed by atoms with Gasteiger partial charge in [0.25, 0.3) is 5.91 Å². The number of esters is 2. The third-order valence-corrected chi connectivity index (χ3v) is 5.98. The number of amides is 1. The van der Waals surface area contributed by atoms with Gasteiger partial charge in [-0.25, -0.2) is 9.59 Å². The van der Waals surface area contributed by atoms with Crippen LogP contribution >= 0.6 is 0 Å². The fourth-order valence-electron chi connectivity index (χ4n) is 3.83. The number of carbonyl (C=O) groups is 3. The zero-order chi connectivity index (χ0) is 28.3. The lowest BCUT2D eigenvalue weighted by Gasteiger charge is -2.14. The van der Waals surface area contributed by atoms with Crippen LogP contribution in [0, 0.1) is 0 Å². The molecule has 0 radical (unpaired) electrons. The molecule has 212 valence electrons. The van der Waals surface area contributed by atoms with Gasteiger partial charge in [-0.05, 0) is 55.5 Å². The van der Waals surface area contributed by atoms with E-state index in [2.05, 4.69) is 12.2 Å². The average molecular weight is 538 g/mol. The van der Waals surface area contributed by atoms with Crippen molar-refractivity contribution in [1.29, 1.82) is 0 Å². The molecule has 39 heavy (non-hydrogen) atoms. The Bertz CT molecular complexity index is 1060. The molecule has 0 aliphatic carbocycles. The lowest BCUT2D eigenvalue weighted by atomic mass is 10.0. The molecule has 1 amide bonds. The predicted octanol–water partition coefficient (Wildman–Crippen LogP) is 7.40. The Kier molecular flexibility index (Phi) is 15.1. The number of aryl methyl sites for hydroxylation is 1. The summed E-state index contributed by atoms with van der Waals surface area (Å²) in [5.74, 6) is -1.93. The van der Waals surface area contributed by atoms with Gasteiger partial charge in [-0.1, -0.05) is 83.6 Å². The number of hydrogen-bond acceptors (Lipinski definition) is 6. The Morgan fingerprint density at radius 1 is 0.744 bits per heavy atom. The van der Waals surface area contributed by atoms with Gasteiger partial charge in [-0.3, -0.25) is 4.79 Å². The van der Waals surface area contributed by atoms with Gasteiger partial charge in [0, 0.05) is 5.56 Å². The van der Waals surface area contributed by atoms with E-state index in [1.807, 2.05) is 38.1 Å². The zero-order valence-corrected chi connectivity index (χ0v) is 23.6. The maximum Gasteiger partial charge on any atom is 0.374 e. The van der Waals surface area contributed by atoms with Crippen LogP contribution in [0.15, 0.2) is 60.4 Å². The number of anilines is 1. The zero-order valence-electron chi connectivity index (χ0n) is 23.6. The summed E-state index contributed by atoms with van der Waals surface area (Å²) in [5, 5.41) is 2.84. The lowest BCUT2D eigenvalue weighted by Crippen LogP contribution is -2.18. The van der Waals surface area contributed by atoms with Gasteiger partial charge in [0.05, 0.1) is 25.0 Å². The van der Waals surface area contributed by atoms with Gasteiger partial charge in [0.1, 0.15) is 0 Å². The summed E-state index contributed by atoms with van der Waals surface area (Å²) in [6.07, 6.45) is 12.1. The Hall–Kier alpha value is -3.61. The first-order valence-corrected chi connectivity index (χ1v) is 14.2. The van der Waals surface area contributed by atoms with E-state index >= 15 is 0 Å². The summed E-state index contributed by atoms with van der Waals surface area (Å²) in [6.45, 7) is 6.35. The molecule has 0 atom stereocenters. The summed E-state index contributed by atoms with van der Waals surface area (Å²) < 4.78 is 16.0. The normalized spacial score (nSPS) is 11.1. The fourth-order valence-corrected chi connectivity index (χ4v) is 3.83. The number of unbranched alkanes of at least 4 members (excludes halogenated alkanes) is 6. The van der Waals surface area contributed by atoms with Gasteiger partial charge < -0.3 is 19.5 Å². The van der Waals surface area contributed by atoms with Crippen molar-refractivity contribution in [2.45, 2.75) is 85.0 Å². The van der Waals surface area contributed by atoms with Crippen molar-refractivity contribution in [2.24, 2.45) is 0 Å². The van der Waals surface area contributed by atoms with Crippen molar-refractivity contribution in [1.82, 2.24) is 0 Å². The highest BCUT2D eigenvalue weighted by Gasteiger charge is 2.19. The molecule has 0 aromatic heterocycles. The first-order chi connectivity index (χ1) is 19.0. The van der Waals surface area contributed by atoms with Crippen molar-refractivity contribution in [3.05, 3.63) is 71.5 Å². The van der Waals surface area contributed by atoms with Crippen LogP contribution in [-0.4, -0.2) is 31.1 Å². The molecule has 0 bridgehead atoms. The van der Waals surface area contributed by atoms with Crippen molar-refractivity contribution in [3.63, 3.8) is 0 Å². The largest absolute Gasteiger partial charge is 0.462 e. The van der Waals surface area contributed by atoms with Gasteiger partial charge in [-0.2, -0.15) is 0 Å². The molecule has 0 saturated heterocycles. The third-order valence-electron chi connectivity index (χ3n) is 5.98. The second kappa shape index (κ2) is 18.6. The molecule has 7 nitrogen and oxygen atoms in total. The van der Waals surface area contributed by atoms with Gasteiger partial charge >= 0.3 is 11.9 Å². The standard InChI is InChI=1S/C32H43NO6/c1-4-7-8-9-10-11-12-15-25-18-20-26(21-19-25)31(35)33-27-16-13-14-17-28(27)39-29(32(36)38-23-6-3)24-30(34)37-22-5-2/h13-14,16-21,24H,4-12,15,22-23H2,1-3H3,(H,33,35)/b29-24+. The van der Waals surface area contributed by atoms with E-state index in [9.17, 15) is 14.4 Å². The molecular formula is C32H43NO6. The van der Waals surface area contributed by atoms with Gasteiger partial charge in [0.2, 0.25) is 5.76 Å². The quantitative estimate of drug-likeness (QED) is 0.0922. The van der Waals surface area contributed by atoms with E-state index in [0.717, 1.165) is 18.9 Å². The third kappa shape index (κ3) is 12.2. The molecular weight excluding hydrogens is 494 g/mol. The number of nitrogens with one attached hydrogen (secondary N) is 1. The Morgan fingerprint density at radius 3 is 2.08 bits per heavy atom. The molecule has 0 aliphatic rings. The van der Waals surface area contributed by atoms with Crippen LogP contribution in [0.25, 0.3) is 0 Å². The summed E-state index contributed by atoms with van der Waals surface area (Å²) in [5.41, 5.74) is 2.07. The van der Waals surface area contributed by atoms with E-state index in [0.29, 0.717) is 24.1 Å². The molecule has 1 N–H and O–H groups in total. The molecule has 7 heteroatoms. The van der Waals surface area contributed by atoms with E-state index in [-0.39, 0.29) is 30.6 Å². The van der Waals surface area contributed by atoms with Crippen LogP contribution in [0.3, 0.4) is 0 Å². The first kappa shape index (κ1) is 31.6. The predicted molar refractivity (Wildman–Crippen MR) is 154 cm³/mol. The van der Waals surface area contributed by atoms with Crippen LogP contribution in [-0.2, 0) is 25.5 Å². The van der Waals surface area contributed by atoms with Crippen LogP contribution < -0.4 is 10.1 Å². The summed E-state index contributed by atoms with van der Waals surface area (Å²) >= 11 is 0. The van der Waals surface area contributed by atoms with Crippen molar-refractivity contribution < 1.29 is 28.6 Å². The highest BCUT2D eigenvalue weighted by Crippen LogP contribution is 2.27. The van der Waals surface area contributed by atoms with Crippen LogP contribution in [0.5, 0.6) is 5.75 Å². The minimum Gasteiger partial charge on any atom is -0.462 e. The number of benzene rings is 2. The molecule has 0 fully saturated rings. The molecule has 0 saturated carbocycles. The topological polar surface area (TPSA) is 90.9 Å². The monoisotopic (exact) mass is 537 g/mol. The van der Waals surface area contributed by atoms with Crippen molar-refractivity contribution in [2.75, 3.05) is 18.5 Å². The molecule has 2 aromatic rings. The molecule has 2 aromatic carbocycles. The smallest absolute Gasteiger partial charge is 0.374 e. The SMILES string of the molecule is CCCCCCCCCc1ccc(C(=O)Nc2ccccc2O/C(=C/C(=O)OCCC)C(=O)OCCC)cc1. The second-order valence-electron chi connectivity index (χ2n) is 9.43. The van der Waals surface area contributed by atoms with Crippen LogP contribution in [0.4, 0.5) is 5.69 Å². The second-order valence-corrected chi connectivity index (χ2v) is 9.43. The van der Waals surface area contributed by atoms with Gasteiger partial charge in [0.15, 0.2) is 5.75 Å². The van der Waals surface area contributed by atoms with E-state index in [4.69, 9.17) is 14.2 Å². The molecule has 0 aliphatic heterocycles. The van der Waals surface area contributed by atoms with Crippen molar-refractivity contribution >= 4 is 23.5 Å². The maximum absolute atomic E-state index is 13.0. The molecule has 0 unspecified atom stereocenters. The minimum atomic E-state index is -0.789. The Balaban J connectivity index is 2.03. The Morgan fingerprint density at radius 2 is 1.38 bits per heavy atom. The van der Waals surface area contributed by atoms with Crippen LogP contribution in [0.1, 0.15) is 94.5 Å². The van der Waals surface area contributed by atoms with E-state index in [1.165, 1.54) is 44.1 Å². The summed E-state index contributed by atoms with van der Waals surface area (Å²) in [6, 6.07) is 14.3. The highest BCUT2D eigenvalue weighted by atomic mass is 16.6. The maximum atomic E-state index is 13.0. The number of rotatable bonds is 18. The van der Waals surface area contributed by atoms with E-state index < -0.39 is 11.9 Å². The molecule has 0 heterocycles. The van der Waals surface area contributed by atoms with E-state index in [1.54, 1.807) is 24.3 Å². The minimum absolute atomic E-state index is 0.177. The molecule has 0 spiro atoms. The number of ether oxygens (including phenoxy) is 3. The summed E-state index contributed by atoms with van der Waals surface area (Å²) in [4.78, 5) is 37.7. The molecule has 2 rings (SSSR count). The average Bonchev–Trinajstić information content (AvgIpc) is 2.95.